The number of carbonyl (C=O) groups is 1. The van der Waals surface area contributed by atoms with Crippen molar-refractivity contribution in [1.29, 1.82) is 0 Å². The molecular formula is C32H26N8O. The van der Waals surface area contributed by atoms with Gasteiger partial charge in [-0.05, 0) is 47.4 Å². The summed E-state index contributed by atoms with van der Waals surface area (Å²) < 4.78 is 0. The van der Waals surface area contributed by atoms with Crippen LogP contribution in [0.3, 0.4) is 0 Å². The molecule has 0 bridgehead atoms. The molecule has 200 valence electrons. The predicted molar refractivity (Wildman–Crippen MR) is 161 cm³/mol. The van der Waals surface area contributed by atoms with Gasteiger partial charge in [-0.1, -0.05) is 49.4 Å². The van der Waals surface area contributed by atoms with Gasteiger partial charge in [0.15, 0.2) is 5.82 Å². The van der Waals surface area contributed by atoms with Crippen molar-refractivity contribution in [1.82, 2.24) is 30.1 Å². The molecule has 3 N–H and O–H groups in total. The Hall–Kier alpha value is -5.44. The van der Waals surface area contributed by atoms with Gasteiger partial charge >= 0.3 is 0 Å². The Balaban J connectivity index is 1.20. The number of anilines is 1. The molecule has 0 radical (unpaired) electrons. The van der Waals surface area contributed by atoms with E-state index < -0.39 is 0 Å². The maximum atomic E-state index is 12.6. The quantitative estimate of drug-likeness (QED) is 0.249. The summed E-state index contributed by atoms with van der Waals surface area (Å²) in [5.74, 6) is 0.968. The van der Waals surface area contributed by atoms with E-state index in [0.717, 1.165) is 56.6 Å². The third-order valence-corrected chi connectivity index (χ3v) is 7.13. The van der Waals surface area contributed by atoms with Crippen molar-refractivity contribution >= 4 is 39.2 Å². The van der Waals surface area contributed by atoms with Crippen LogP contribution in [0.15, 0.2) is 96.4 Å². The minimum atomic E-state index is -0.0920. The van der Waals surface area contributed by atoms with Gasteiger partial charge in [-0.3, -0.25) is 24.9 Å². The van der Waals surface area contributed by atoms with E-state index in [1.807, 2.05) is 60.7 Å². The van der Waals surface area contributed by atoms with Gasteiger partial charge in [0.25, 0.3) is 0 Å². The summed E-state index contributed by atoms with van der Waals surface area (Å²) in [6, 6.07) is 19.5. The average molecular weight is 539 g/mol. The van der Waals surface area contributed by atoms with Gasteiger partial charge in [-0.15, -0.1) is 0 Å². The summed E-state index contributed by atoms with van der Waals surface area (Å²) in [4.78, 5) is 34.6. The largest absolute Gasteiger partial charge is 0.336 e. The minimum Gasteiger partial charge on any atom is -0.336 e. The van der Waals surface area contributed by atoms with E-state index in [4.69, 9.17) is 9.98 Å². The highest BCUT2D eigenvalue weighted by atomic mass is 16.1. The second kappa shape index (κ2) is 10.3. The molecule has 6 aromatic rings. The number of rotatable bonds is 6. The number of pyridine rings is 2. The smallest absolute Gasteiger partial charge is 0.228 e. The third-order valence-electron chi connectivity index (χ3n) is 7.13. The van der Waals surface area contributed by atoms with Crippen molar-refractivity contribution in [3.63, 3.8) is 0 Å². The molecule has 5 heterocycles. The number of dihydropyridines is 1. The number of H-pyrrole nitrogens is 2. The number of imidazole rings is 1. The Kier molecular flexibility index (Phi) is 6.16. The molecule has 0 spiro atoms. The number of aromatic amines is 2. The van der Waals surface area contributed by atoms with Crippen LogP contribution in [0.4, 0.5) is 5.69 Å². The number of fused-ring (bicyclic) bond motifs is 2. The first kappa shape index (κ1) is 24.6. The molecule has 0 saturated carbocycles. The van der Waals surface area contributed by atoms with Gasteiger partial charge < -0.3 is 10.3 Å². The summed E-state index contributed by atoms with van der Waals surface area (Å²) >= 11 is 0. The Morgan fingerprint density at radius 1 is 1.00 bits per heavy atom. The lowest BCUT2D eigenvalue weighted by Gasteiger charge is -2.10. The molecule has 9 heteroatoms. The zero-order valence-electron chi connectivity index (χ0n) is 22.3. The molecule has 0 saturated heterocycles. The fourth-order valence-electron chi connectivity index (χ4n) is 5.03. The second-order valence-corrected chi connectivity index (χ2v) is 10.2. The number of carbonyl (C=O) groups excluding carboxylic acids is 1. The molecule has 1 aliphatic rings. The van der Waals surface area contributed by atoms with E-state index in [2.05, 4.69) is 49.5 Å². The Morgan fingerprint density at radius 2 is 1.90 bits per heavy atom. The fourth-order valence-corrected chi connectivity index (χ4v) is 5.03. The normalized spacial score (nSPS) is 14.9. The molecule has 0 fully saturated rings. The van der Waals surface area contributed by atoms with Crippen molar-refractivity contribution in [2.75, 3.05) is 11.9 Å². The Morgan fingerprint density at radius 3 is 2.76 bits per heavy atom. The van der Waals surface area contributed by atoms with E-state index in [1.54, 1.807) is 18.6 Å². The molecule has 4 aromatic heterocycles. The molecule has 1 unspecified atom stereocenters. The number of aliphatic imine (C=N–C) groups is 1. The van der Waals surface area contributed by atoms with Crippen LogP contribution in [-0.2, 0) is 11.2 Å². The maximum absolute atomic E-state index is 12.6. The van der Waals surface area contributed by atoms with Gasteiger partial charge in [0, 0.05) is 29.9 Å². The number of benzene rings is 2. The van der Waals surface area contributed by atoms with Crippen LogP contribution in [0.2, 0.25) is 0 Å². The molecule has 1 amide bonds. The van der Waals surface area contributed by atoms with Gasteiger partial charge in [-0.2, -0.15) is 5.10 Å². The van der Waals surface area contributed by atoms with Crippen LogP contribution < -0.4 is 5.32 Å². The molecule has 1 aliphatic heterocycles. The monoisotopic (exact) mass is 538 g/mol. The molecule has 0 aliphatic carbocycles. The van der Waals surface area contributed by atoms with Crippen LogP contribution >= 0.6 is 0 Å². The molecular weight excluding hydrogens is 512 g/mol. The second-order valence-electron chi connectivity index (χ2n) is 10.2. The van der Waals surface area contributed by atoms with Crippen molar-refractivity contribution < 1.29 is 4.79 Å². The highest BCUT2D eigenvalue weighted by molar-refractivity contribution is 6.14. The van der Waals surface area contributed by atoms with Crippen LogP contribution in [0, 0.1) is 5.92 Å². The highest BCUT2D eigenvalue weighted by Gasteiger charge is 2.18. The first-order valence-electron chi connectivity index (χ1n) is 13.5. The lowest BCUT2D eigenvalue weighted by atomic mass is 10.0. The molecule has 7 rings (SSSR count). The van der Waals surface area contributed by atoms with Gasteiger partial charge in [0.2, 0.25) is 5.91 Å². The topological polar surface area (TPSA) is 125 Å². The van der Waals surface area contributed by atoms with Crippen LogP contribution in [0.5, 0.6) is 0 Å². The number of hydrogen-bond acceptors (Lipinski definition) is 6. The Bertz CT molecular complexity index is 1970. The van der Waals surface area contributed by atoms with Gasteiger partial charge in [-0.25, -0.2) is 4.98 Å². The number of hydrogen-bond donors (Lipinski definition) is 3. The molecule has 9 nitrogen and oxygen atoms in total. The summed E-state index contributed by atoms with van der Waals surface area (Å²) in [6.45, 7) is 2.88. The summed E-state index contributed by atoms with van der Waals surface area (Å²) in [5.41, 5.74) is 8.24. The highest BCUT2D eigenvalue weighted by Crippen LogP contribution is 2.31. The van der Waals surface area contributed by atoms with Gasteiger partial charge in [0.1, 0.15) is 16.9 Å². The Labute approximate surface area is 235 Å². The van der Waals surface area contributed by atoms with Crippen LogP contribution in [-0.4, -0.2) is 48.3 Å². The lowest BCUT2D eigenvalue weighted by molar-refractivity contribution is -0.115. The van der Waals surface area contributed by atoms with Crippen molar-refractivity contribution in [2.45, 2.75) is 13.3 Å². The first-order chi connectivity index (χ1) is 20.1. The minimum absolute atomic E-state index is 0.0920. The summed E-state index contributed by atoms with van der Waals surface area (Å²) in [7, 11) is 0. The maximum Gasteiger partial charge on any atom is 0.228 e. The van der Waals surface area contributed by atoms with E-state index >= 15 is 0 Å². The first-order valence-corrected chi connectivity index (χ1v) is 13.5. The van der Waals surface area contributed by atoms with Crippen LogP contribution in [0.25, 0.3) is 44.6 Å². The number of nitrogens with zero attached hydrogens (tertiary/aromatic N) is 5. The van der Waals surface area contributed by atoms with Crippen LogP contribution in [0.1, 0.15) is 18.2 Å². The third kappa shape index (κ3) is 4.89. The zero-order chi connectivity index (χ0) is 27.8. The van der Waals surface area contributed by atoms with E-state index in [1.165, 1.54) is 0 Å². The molecule has 2 aromatic carbocycles. The van der Waals surface area contributed by atoms with Crippen molar-refractivity contribution in [2.24, 2.45) is 10.9 Å². The molecule has 1 atom stereocenters. The number of amides is 1. The predicted octanol–water partition coefficient (Wildman–Crippen LogP) is 5.74. The SMILES string of the molecule is CC1C=CC(c2nccc3[nH]c(-c4n[nH]c5ccc(-c6cncc(NC(=O)Cc7ccccc7)c6)cc45)nc23)=NC1. The zero-order valence-corrected chi connectivity index (χ0v) is 22.3. The van der Waals surface area contributed by atoms with Crippen molar-refractivity contribution in [3.05, 3.63) is 103 Å². The summed E-state index contributed by atoms with van der Waals surface area (Å²) in [5, 5.41) is 11.6. The van der Waals surface area contributed by atoms with E-state index in [0.29, 0.717) is 29.5 Å². The number of allylic oxidation sites excluding steroid dienone is 1. The van der Waals surface area contributed by atoms with Crippen molar-refractivity contribution in [3.8, 4) is 22.6 Å². The fraction of sp³-hybridized carbons (Fsp3) is 0.125. The van der Waals surface area contributed by atoms with E-state index in [9.17, 15) is 4.79 Å². The number of aromatic nitrogens is 6. The lowest BCUT2D eigenvalue weighted by Crippen LogP contribution is -2.14. The standard InChI is InChI=1S/C32H26N8O/c1-19-7-9-26(35-16-19)30-31-27(11-12-34-30)37-32(38-31)29-24-15-21(8-10-25(24)39-40-29)22-14-23(18-33-17-22)36-28(41)13-20-5-3-2-4-6-20/h2-12,14-15,17-19H,13,16H2,1H3,(H,36,41)(H,37,38)(H,39,40). The number of nitrogens with one attached hydrogen (secondary N) is 3. The average Bonchev–Trinajstić information content (AvgIpc) is 3.62. The van der Waals surface area contributed by atoms with Gasteiger partial charge in [0.05, 0.1) is 35.1 Å². The van der Waals surface area contributed by atoms with E-state index in [-0.39, 0.29) is 5.91 Å². The summed E-state index contributed by atoms with van der Waals surface area (Å²) in [6.07, 6.45) is 9.68. The molecule has 41 heavy (non-hydrogen) atoms.